The van der Waals surface area contributed by atoms with Crippen LogP contribution in [-0.4, -0.2) is 46.8 Å². The minimum atomic E-state index is -0.352. The smallest absolute Gasteiger partial charge is 0.258 e. The molecular weight excluding hydrogens is 420 g/mol. The van der Waals surface area contributed by atoms with Crippen LogP contribution >= 0.6 is 0 Å². The summed E-state index contributed by atoms with van der Waals surface area (Å²) in [5.41, 5.74) is 5.35. The number of hydrogen-bond acceptors (Lipinski definition) is 8. The summed E-state index contributed by atoms with van der Waals surface area (Å²) in [6.45, 7) is 1.90. The minimum Gasteiger partial charge on any atom is -0.491 e. The lowest BCUT2D eigenvalue weighted by molar-refractivity contribution is 0.198. The summed E-state index contributed by atoms with van der Waals surface area (Å²) in [4.78, 5) is 13.8. The van der Waals surface area contributed by atoms with Gasteiger partial charge in [-0.15, -0.1) is 5.10 Å². The zero-order valence-corrected chi connectivity index (χ0v) is 18.7. The van der Waals surface area contributed by atoms with Crippen molar-refractivity contribution < 1.29 is 9.47 Å². The Morgan fingerprint density at radius 2 is 1.85 bits per heavy atom. The molecular formula is C23H22N8O2. The van der Waals surface area contributed by atoms with Gasteiger partial charge in [-0.25, -0.2) is 19.6 Å². The lowest BCUT2D eigenvalue weighted by Gasteiger charge is -2.16. The van der Waals surface area contributed by atoms with E-state index in [0.717, 1.165) is 22.5 Å². The Morgan fingerprint density at radius 3 is 2.58 bits per heavy atom. The van der Waals surface area contributed by atoms with Gasteiger partial charge in [0.1, 0.15) is 29.3 Å². The Balaban J connectivity index is 1.65. The predicted molar refractivity (Wildman–Crippen MR) is 122 cm³/mol. The van der Waals surface area contributed by atoms with E-state index in [2.05, 4.69) is 25.4 Å². The van der Waals surface area contributed by atoms with Crippen molar-refractivity contribution in [1.82, 2.24) is 39.7 Å². The van der Waals surface area contributed by atoms with Gasteiger partial charge in [0.05, 0.1) is 24.5 Å². The number of methoxy groups -OCH3 is 1. The van der Waals surface area contributed by atoms with Crippen molar-refractivity contribution in [1.29, 1.82) is 0 Å². The molecule has 5 rings (SSSR count). The summed E-state index contributed by atoms with van der Waals surface area (Å²) >= 11 is 0. The molecule has 33 heavy (non-hydrogen) atoms. The van der Waals surface area contributed by atoms with Crippen molar-refractivity contribution >= 4 is 11.0 Å². The van der Waals surface area contributed by atoms with Crippen molar-refractivity contribution in [3.05, 3.63) is 60.8 Å². The summed E-state index contributed by atoms with van der Waals surface area (Å²) in [7, 11) is 5.27. The van der Waals surface area contributed by atoms with E-state index in [1.165, 1.54) is 6.33 Å². The molecule has 4 heterocycles. The van der Waals surface area contributed by atoms with Gasteiger partial charge in [0.2, 0.25) is 0 Å². The maximum Gasteiger partial charge on any atom is 0.258 e. The van der Waals surface area contributed by atoms with Crippen LogP contribution in [0.2, 0.25) is 0 Å². The molecule has 0 amide bonds. The van der Waals surface area contributed by atoms with E-state index in [0.29, 0.717) is 28.4 Å². The first kappa shape index (κ1) is 20.6. The first-order chi connectivity index (χ1) is 16.0. The molecule has 0 saturated heterocycles. The fourth-order valence-corrected chi connectivity index (χ4v) is 3.74. The van der Waals surface area contributed by atoms with Crippen LogP contribution in [0.4, 0.5) is 0 Å². The number of ether oxygens (including phenoxy) is 2. The molecule has 0 unspecified atom stereocenters. The number of rotatable bonds is 6. The summed E-state index contributed by atoms with van der Waals surface area (Å²) in [5, 5.41) is 12.6. The normalized spacial score (nSPS) is 12.1. The zero-order chi connectivity index (χ0) is 22.9. The van der Waals surface area contributed by atoms with Crippen LogP contribution in [0.3, 0.4) is 0 Å². The Bertz CT molecular complexity index is 1430. The molecule has 0 spiro atoms. The van der Waals surface area contributed by atoms with Crippen LogP contribution in [0.1, 0.15) is 18.7 Å². The highest BCUT2D eigenvalue weighted by Gasteiger charge is 2.21. The SMILES string of the molecule is COc1cc2ncnc(-c3cn(C)nc3-c3ccccc3)c2nc1O[C@@H](C)c1cnnn1C. The van der Waals surface area contributed by atoms with Crippen molar-refractivity contribution in [2.24, 2.45) is 14.1 Å². The van der Waals surface area contributed by atoms with Crippen LogP contribution in [0.25, 0.3) is 33.5 Å². The second-order valence-corrected chi connectivity index (χ2v) is 7.56. The quantitative estimate of drug-likeness (QED) is 0.394. The van der Waals surface area contributed by atoms with Gasteiger partial charge in [-0.05, 0) is 6.92 Å². The molecule has 0 aliphatic carbocycles. The maximum absolute atomic E-state index is 6.17. The van der Waals surface area contributed by atoms with E-state index < -0.39 is 0 Å². The summed E-state index contributed by atoms with van der Waals surface area (Å²) in [5.74, 6) is 0.809. The van der Waals surface area contributed by atoms with Gasteiger partial charge < -0.3 is 9.47 Å². The van der Waals surface area contributed by atoms with Crippen molar-refractivity contribution in [2.75, 3.05) is 7.11 Å². The Kier molecular flexibility index (Phi) is 5.17. The van der Waals surface area contributed by atoms with Crippen LogP contribution in [0, 0.1) is 0 Å². The Hall–Kier alpha value is -4.34. The third-order valence-corrected chi connectivity index (χ3v) is 5.35. The summed E-state index contributed by atoms with van der Waals surface area (Å²) in [6.07, 6.45) is 4.76. The first-order valence-electron chi connectivity index (χ1n) is 10.4. The number of fused-ring (bicyclic) bond motifs is 1. The van der Waals surface area contributed by atoms with Crippen molar-refractivity contribution in [3.8, 4) is 34.1 Å². The molecule has 0 saturated carbocycles. The summed E-state index contributed by atoms with van der Waals surface area (Å²) in [6, 6.07) is 11.8. The molecule has 10 nitrogen and oxygen atoms in total. The largest absolute Gasteiger partial charge is 0.491 e. The maximum atomic E-state index is 6.17. The Morgan fingerprint density at radius 1 is 1.03 bits per heavy atom. The van der Waals surface area contributed by atoms with E-state index in [9.17, 15) is 0 Å². The minimum absolute atomic E-state index is 0.333. The van der Waals surface area contributed by atoms with E-state index in [4.69, 9.17) is 14.5 Å². The Labute approximate surface area is 189 Å². The van der Waals surface area contributed by atoms with Gasteiger partial charge in [-0.1, -0.05) is 35.5 Å². The molecule has 1 atom stereocenters. The van der Waals surface area contributed by atoms with Gasteiger partial charge in [0.15, 0.2) is 5.75 Å². The number of nitrogens with zero attached hydrogens (tertiary/aromatic N) is 8. The number of hydrogen-bond donors (Lipinski definition) is 0. The monoisotopic (exact) mass is 442 g/mol. The average molecular weight is 442 g/mol. The van der Waals surface area contributed by atoms with Crippen LogP contribution in [-0.2, 0) is 14.1 Å². The van der Waals surface area contributed by atoms with Gasteiger partial charge in [0.25, 0.3) is 5.88 Å². The van der Waals surface area contributed by atoms with Gasteiger partial charge in [-0.3, -0.25) is 4.68 Å². The summed E-state index contributed by atoms with van der Waals surface area (Å²) < 4.78 is 15.1. The molecule has 166 valence electrons. The third kappa shape index (κ3) is 3.75. The highest BCUT2D eigenvalue weighted by Crippen LogP contribution is 2.37. The molecule has 0 aliphatic rings. The number of aryl methyl sites for hydroxylation is 2. The molecule has 0 fully saturated rings. The lowest BCUT2D eigenvalue weighted by atomic mass is 10.0. The molecule has 0 N–H and O–H groups in total. The molecule has 0 radical (unpaired) electrons. The first-order valence-corrected chi connectivity index (χ1v) is 10.4. The third-order valence-electron chi connectivity index (χ3n) is 5.35. The van der Waals surface area contributed by atoms with E-state index >= 15 is 0 Å². The zero-order valence-electron chi connectivity index (χ0n) is 18.7. The molecule has 10 heteroatoms. The average Bonchev–Trinajstić information content (AvgIpc) is 3.44. The lowest BCUT2D eigenvalue weighted by Crippen LogP contribution is -2.10. The fraction of sp³-hybridized carbons (Fsp3) is 0.217. The van der Waals surface area contributed by atoms with Gasteiger partial charge >= 0.3 is 0 Å². The second-order valence-electron chi connectivity index (χ2n) is 7.56. The van der Waals surface area contributed by atoms with Gasteiger partial charge in [0, 0.05) is 37.5 Å². The highest BCUT2D eigenvalue weighted by molar-refractivity contribution is 5.94. The van der Waals surface area contributed by atoms with Crippen LogP contribution in [0.15, 0.2) is 55.1 Å². The van der Waals surface area contributed by atoms with Crippen molar-refractivity contribution in [3.63, 3.8) is 0 Å². The second kappa shape index (κ2) is 8.30. The van der Waals surface area contributed by atoms with Crippen LogP contribution in [0.5, 0.6) is 11.6 Å². The molecule has 1 aromatic carbocycles. The van der Waals surface area contributed by atoms with E-state index in [-0.39, 0.29) is 6.10 Å². The fourth-order valence-electron chi connectivity index (χ4n) is 3.74. The molecule has 0 aliphatic heterocycles. The van der Waals surface area contributed by atoms with Crippen LogP contribution < -0.4 is 9.47 Å². The number of pyridine rings is 1. The predicted octanol–water partition coefficient (Wildman–Crippen LogP) is 3.37. The standard InChI is InChI=1S/C23H22N8O2/c1-14(18-11-26-29-31(18)3)33-23-19(32-4)10-17-22(27-23)21(25-13-24-17)16-12-30(2)28-20(16)15-8-6-5-7-9-15/h5-14H,1-4H3/t14-/m0/s1. The molecule has 4 aromatic heterocycles. The van der Waals surface area contributed by atoms with Crippen molar-refractivity contribution in [2.45, 2.75) is 13.0 Å². The number of aromatic nitrogens is 8. The molecule has 0 bridgehead atoms. The number of benzene rings is 1. The highest BCUT2D eigenvalue weighted by atomic mass is 16.5. The molecule has 5 aromatic rings. The van der Waals surface area contributed by atoms with E-state index in [1.54, 1.807) is 28.7 Å². The van der Waals surface area contributed by atoms with Gasteiger partial charge in [-0.2, -0.15) is 5.10 Å². The van der Waals surface area contributed by atoms with E-state index in [1.807, 2.05) is 57.5 Å². The topological polar surface area (TPSA) is 106 Å².